The van der Waals surface area contributed by atoms with Gasteiger partial charge in [-0.3, -0.25) is 4.79 Å². The van der Waals surface area contributed by atoms with Gasteiger partial charge in [0.1, 0.15) is 11.5 Å². The van der Waals surface area contributed by atoms with Crippen LogP contribution in [0.2, 0.25) is 0 Å². The first-order valence-electron chi connectivity index (χ1n) is 5.66. The largest absolute Gasteiger partial charge is 0.460 e. The lowest BCUT2D eigenvalue weighted by Crippen LogP contribution is -2.19. The molecule has 18 heavy (non-hydrogen) atoms. The molecule has 1 aromatic carbocycles. The zero-order chi connectivity index (χ0) is 12.8. The smallest absolute Gasteiger partial charge is 0.244 e. The zero-order valence-electron chi connectivity index (χ0n) is 10.1. The Balaban J connectivity index is 1.83. The van der Waals surface area contributed by atoms with Gasteiger partial charge in [-0.25, -0.2) is 5.43 Å². The molecule has 0 radical (unpaired) electrons. The molecule has 4 nitrogen and oxygen atoms in total. The van der Waals surface area contributed by atoms with Crippen LogP contribution in [-0.4, -0.2) is 12.1 Å². The van der Waals surface area contributed by atoms with Crippen molar-refractivity contribution in [3.63, 3.8) is 0 Å². The van der Waals surface area contributed by atoms with Crippen molar-refractivity contribution >= 4 is 12.1 Å². The molecule has 2 aromatic rings. The van der Waals surface area contributed by atoms with Crippen molar-refractivity contribution in [1.82, 2.24) is 5.43 Å². The van der Waals surface area contributed by atoms with E-state index in [0.29, 0.717) is 12.2 Å². The van der Waals surface area contributed by atoms with Crippen LogP contribution in [0, 0.1) is 6.92 Å². The highest BCUT2D eigenvalue weighted by atomic mass is 16.3. The van der Waals surface area contributed by atoms with Gasteiger partial charge in [0.15, 0.2) is 0 Å². The molecular weight excluding hydrogens is 228 g/mol. The highest BCUT2D eigenvalue weighted by Crippen LogP contribution is 2.03. The fourth-order valence-corrected chi connectivity index (χ4v) is 1.51. The van der Waals surface area contributed by atoms with E-state index in [1.165, 1.54) is 6.21 Å². The van der Waals surface area contributed by atoms with E-state index in [9.17, 15) is 4.79 Å². The summed E-state index contributed by atoms with van der Waals surface area (Å²) in [4.78, 5) is 11.6. The van der Waals surface area contributed by atoms with E-state index in [2.05, 4.69) is 10.5 Å². The fourth-order valence-electron chi connectivity index (χ4n) is 1.51. The van der Waals surface area contributed by atoms with Crippen LogP contribution in [0.3, 0.4) is 0 Å². The first-order chi connectivity index (χ1) is 8.74. The Bertz CT molecular complexity index is 544. The number of hydrogen-bond acceptors (Lipinski definition) is 3. The summed E-state index contributed by atoms with van der Waals surface area (Å²) in [6.07, 6.45) is 1.80. The third kappa shape index (κ3) is 3.59. The number of furan rings is 1. The van der Waals surface area contributed by atoms with E-state index < -0.39 is 0 Å². The van der Waals surface area contributed by atoms with Crippen molar-refractivity contribution in [1.29, 1.82) is 0 Å². The average Bonchev–Trinajstić information content (AvgIpc) is 2.76. The zero-order valence-corrected chi connectivity index (χ0v) is 10.1. The minimum absolute atomic E-state index is 0.152. The maximum absolute atomic E-state index is 11.6. The number of nitrogens with one attached hydrogen (secondary N) is 1. The Kier molecular flexibility index (Phi) is 3.91. The molecule has 0 aliphatic rings. The Hall–Kier alpha value is -2.36. The van der Waals surface area contributed by atoms with E-state index in [-0.39, 0.29) is 5.91 Å². The van der Waals surface area contributed by atoms with Gasteiger partial charge in [0, 0.05) is 0 Å². The van der Waals surface area contributed by atoms with Crippen LogP contribution in [0.1, 0.15) is 17.1 Å². The molecule has 1 aromatic heterocycles. The molecule has 0 fully saturated rings. The van der Waals surface area contributed by atoms with E-state index in [1.54, 1.807) is 6.07 Å². The number of carbonyl (C=O) groups is 1. The fraction of sp³-hybridized carbons (Fsp3) is 0.143. The van der Waals surface area contributed by atoms with Crippen molar-refractivity contribution in [2.45, 2.75) is 13.3 Å². The van der Waals surface area contributed by atoms with E-state index >= 15 is 0 Å². The van der Waals surface area contributed by atoms with Crippen molar-refractivity contribution < 1.29 is 9.21 Å². The van der Waals surface area contributed by atoms with E-state index in [0.717, 1.165) is 11.3 Å². The third-order valence-electron chi connectivity index (χ3n) is 2.35. The molecule has 0 atom stereocenters. The predicted molar refractivity (Wildman–Crippen MR) is 69.3 cm³/mol. The van der Waals surface area contributed by atoms with Crippen molar-refractivity contribution in [2.24, 2.45) is 5.10 Å². The third-order valence-corrected chi connectivity index (χ3v) is 2.35. The molecule has 0 unspecified atom stereocenters. The molecule has 4 heteroatoms. The maximum Gasteiger partial charge on any atom is 0.244 e. The Morgan fingerprint density at radius 2 is 2.06 bits per heavy atom. The lowest BCUT2D eigenvalue weighted by Gasteiger charge is -1.99. The average molecular weight is 242 g/mol. The van der Waals surface area contributed by atoms with Gasteiger partial charge in [-0.15, -0.1) is 0 Å². The molecule has 0 aliphatic heterocycles. The van der Waals surface area contributed by atoms with Gasteiger partial charge in [-0.1, -0.05) is 30.3 Å². The van der Waals surface area contributed by atoms with Crippen LogP contribution in [-0.2, 0) is 11.2 Å². The summed E-state index contributed by atoms with van der Waals surface area (Å²) in [6, 6.07) is 13.2. The van der Waals surface area contributed by atoms with E-state index in [4.69, 9.17) is 4.42 Å². The Morgan fingerprint density at radius 3 is 2.72 bits per heavy atom. The monoisotopic (exact) mass is 242 g/mol. The molecule has 0 aliphatic carbocycles. The number of carbonyl (C=O) groups excluding carboxylic acids is 1. The number of aryl methyl sites for hydroxylation is 1. The highest BCUT2D eigenvalue weighted by Gasteiger charge is 2.01. The summed E-state index contributed by atoms with van der Waals surface area (Å²) in [7, 11) is 0. The van der Waals surface area contributed by atoms with Gasteiger partial charge < -0.3 is 4.42 Å². The molecule has 1 N–H and O–H groups in total. The lowest BCUT2D eigenvalue weighted by atomic mass is 10.1. The molecule has 92 valence electrons. The van der Waals surface area contributed by atoms with Crippen LogP contribution < -0.4 is 5.43 Å². The quantitative estimate of drug-likeness (QED) is 0.660. The van der Waals surface area contributed by atoms with Gasteiger partial charge in [-0.2, -0.15) is 5.10 Å². The molecule has 0 saturated carbocycles. The number of nitrogens with zero attached hydrogens (tertiary/aromatic N) is 1. The minimum Gasteiger partial charge on any atom is -0.460 e. The summed E-state index contributed by atoms with van der Waals surface area (Å²) >= 11 is 0. The number of benzene rings is 1. The van der Waals surface area contributed by atoms with Crippen LogP contribution >= 0.6 is 0 Å². The Labute approximate surface area is 105 Å². The van der Waals surface area contributed by atoms with Crippen molar-refractivity contribution in [2.75, 3.05) is 0 Å². The first-order valence-corrected chi connectivity index (χ1v) is 5.66. The first kappa shape index (κ1) is 12.1. The number of rotatable bonds is 4. The predicted octanol–water partition coefficient (Wildman–Crippen LogP) is 2.28. The molecule has 2 rings (SSSR count). The second kappa shape index (κ2) is 5.82. The number of hydrazone groups is 1. The summed E-state index contributed by atoms with van der Waals surface area (Å²) in [5, 5.41) is 3.83. The number of amides is 1. The van der Waals surface area contributed by atoms with Gasteiger partial charge >= 0.3 is 0 Å². The molecular formula is C14H14N2O2. The molecule has 0 saturated heterocycles. The van der Waals surface area contributed by atoms with Gasteiger partial charge in [0.05, 0.1) is 12.6 Å². The number of hydrogen-bond donors (Lipinski definition) is 1. The van der Waals surface area contributed by atoms with Crippen LogP contribution in [0.25, 0.3) is 0 Å². The van der Waals surface area contributed by atoms with Gasteiger partial charge in [0.25, 0.3) is 0 Å². The van der Waals surface area contributed by atoms with E-state index in [1.807, 2.05) is 43.3 Å². The van der Waals surface area contributed by atoms with Crippen molar-refractivity contribution in [3.05, 3.63) is 59.5 Å². The summed E-state index contributed by atoms with van der Waals surface area (Å²) in [6.45, 7) is 1.85. The van der Waals surface area contributed by atoms with Crippen LogP contribution in [0.5, 0.6) is 0 Å². The second-order valence-electron chi connectivity index (χ2n) is 3.90. The van der Waals surface area contributed by atoms with Gasteiger partial charge in [0.2, 0.25) is 5.91 Å². The van der Waals surface area contributed by atoms with Crippen LogP contribution in [0.4, 0.5) is 0 Å². The SMILES string of the molecule is Cc1ccc(C=NNC(=O)Cc2ccccc2)o1. The summed E-state index contributed by atoms with van der Waals surface area (Å²) < 4.78 is 5.28. The normalized spacial score (nSPS) is 10.7. The van der Waals surface area contributed by atoms with Gasteiger partial charge in [-0.05, 0) is 24.6 Å². The topological polar surface area (TPSA) is 54.6 Å². The summed E-state index contributed by atoms with van der Waals surface area (Å²) in [5.74, 6) is 1.28. The summed E-state index contributed by atoms with van der Waals surface area (Å²) in [5.41, 5.74) is 3.42. The molecule has 0 spiro atoms. The standard InChI is InChI=1S/C14H14N2O2/c1-11-7-8-13(18-11)10-15-16-14(17)9-12-5-3-2-4-6-12/h2-8,10H,9H2,1H3,(H,16,17). The van der Waals surface area contributed by atoms with Crippen molar-refractivity contribution in [3.8, 4) is 0 Å². The highest BCUT2D eigenvalue weighted by molar-refractivity contribution is 5.81. The second-order valence-corrected chi connectivity index (χ2v) is 3.90. The lowest BCUT2D eigenvalue weighted by molar-refractivity contribution is -0.120. The molecule has 1 heterocycles. The maximum atomic E-state index is 11.6. The molecule has 0 bridgehead atoms. The Morgan fingerprint density at radius 1 is 1.28 bits per heavy atom. The van der Waals surface area contributed by atoms with Crippen LogP contribution in [0.15, 0.2) is 52.0 Å². The molecule has 1 amide bonds. The minimum atomic E-state index is -0.152.